The Morgan fingerprint density at radius 1 is 1.30 bits per heavy atom. The highest BCUT2D eigenvalue weighted by molar-refractivity contribution is 7.22. The van der Waals surface area contributed by atoms with Crippen LogP contribution in [0.3, 0.4) is 0 Å². The lowest BCUT2D eigenvalue weighted by Crippen LogP contribution is -2.32. The SMILES string of the molecule is [2H]C([2H])([2H])n1c2ccccc2c2sc3[n+](c21)Cc1cccnc1-3. The number of thiazole rings is 1. The van der Waals surface area contributed by atoms with Crippen molar-refractivity contribution in [3.63, 3.8) is 0 Å². The summed E-state index contributed by atoms with van der Waals surface area (Å²) in [5, 5.41) is 2.03. The molecule has 3 nitrogen and oxygen atoms in total. The molecule has 0 N–H and O–H groups in total. The van der Waals surface area contributed by atoms with Crippen LogP contribution in [-0.4, -0.2) is 9.55 Å². The highest BCUT2D eigenvalue weighted by atomic mass is 32.1. The molecule has 96 valence electrons. The molecule has 4 heterocycles. The third-order valence-electron chi connectivity index (χ3n) is 3.93. The van der Waals surface area contributed by atoms with Gasteiger partial charge in [-0.1, -0.05) is 29.5 Å². The van der Waals surface area contributed by atoms with Crippen LogP contribution in [0.15, 0.2) is 42.6 Å². The lowest BCUT2D eigenvalue weighted by atomic mass is 10.2. The number of nitrogens with zero attached hydrogens (tertiary/aromatic N) is 3. The lowest BCUT2D eigenvalue weighted by molar-refractivity contribution is -0.644. The minimum absolute atomic E-state index is 0.672. The molecule has 1 aliphatic rings. The largest absolute Gasteiger partial charge is 0.301 e. The van der Waals surface area contributed by atoms with Crippen molar-refractivity contribution in [2.75, 3.05) is 0 Å². The van der Waals surface area contributed by atoms with E-state index in [0.717, 1.165) is 37.5 Å². The number of fused-ring (bicyclic) bond motifs is 7. The number of hydrogen-bond acceptors (Lipinski definition) is 2. The quantitative estimate of drug-likeness (QED) is 0.400. The van der Waals surface area contributed by atoms with E-state index >= 15 is 0 Å². The Hall–Kier alpha value is -2.20. The minimum atomic E-state index is -2.22. The van der Waals surface area contributed by atoms with Crippen molar-refractivity contribution < 1.29 is 8.68 Å². The number of aryl methyl sites for hydroxylation is 1. The van der Waals surface area contributed by atoms with Gasteiger partial charge in [0.15, 0.2) is 0 Å². The Balaban J connectivity index is 1.97. The second-order valence-corrected chi connectivity index (χ2v) is 6.01. The van der Waals surface area contributed by atoms with Gasteiger partial charge in [-0.2, -0.15) is 0 Å². The van der Waals surface area contributed by atoms with Gasteiger partial charge in [-0.25, -0.2) is 9.13 Å². The third kappa shape index (κ3) is 1.11. The van der Waals surface area contributed by atoms with E-state index in [-0.39, 0.29) is 0 Å². The van der Waals surface area contributed by atoms with Gasteiger partial charge in [0.2, 0.25) is 5.01 Å². The van der Waals surface area contributed by atoms with Gasteiger partial charge in [0.25, 0.3) is 0 Å². The molecular formula is C16H12N3S+. The molecule has 0 saturated heterocycles. The molecular weight excluding hydrogens is 266 g/mol. The maximum Gasteiger partial charge on any atom is 0.301 e. The zero-order chi connectivity index (χ0) is 15.8. The van der Waals surface area contributed by atoms with Gasteiger partial charge in [0.1, 0.15) is 22.5 Å². The minimum Gasteiger partial charge on any atom is -0.251 e. The van der Waals surface area contributed by atoms with Crippen molar-refractivity contribution in [3.05, 3.63) is 48.2 Å². The van der Waals surface area contributed by atoms with Crippen LogP contribution in [0.25, 0.3) is 32.0 Å². The maximum atomic E-state index is 7.99. The summed E-state index contributed by atoms with van der Waals surface area (Å²) in [7, 11) is 0. The smallest absolute Gasteiger partial charge is 0.251 e. The number of benzene rings is 1. The second kappa shape index (κ2) is 3.46. The zero-order valence-corrected chi connectivity index (χ0v) is 11.3. The van der Waals surface area contributed by atoms with Crippen molar-refractivity contribution in [2.45, 2.75) is 6.54 Å². The van der Waals surface area contributed by atoms with Crippen LogP contribution in [0.5, 0.6) is 0 Å². The van der Waals surface area contributed by atoms with Gasteiger partial charge in [-0.05, 0) is 18.2 Å². The summed E-state index contributed by atoms with van der Waals surface area (Å²) in [6, 6.07) is 11.7. The van der Waals surface area contributed by atoms with Crippen molar-refractivity contribution in [2.24, 2.45) is 6.98 Å². The van der Waals surface area contributed by atoms with Gasteiger partial charge in [0.05, 0.1) is 11.1 Å². The summed E-state index contributed by atoms with van der Waals surface area (Å²) in [6.07, 6.45) is 1.79. The molecule has 0 atom stereocenters. The van der Waals surface area contributed by atoms with Crippen LogP contribution in [0.1, 0.15) is 9.68 Å². The highest BCUT2D eigenvalue weighted by Crippen LogP contribution is 2.38. The first-order valence-corrected chi connectivity index (χ1v) is 7.28. The Morgan fingerprint density at radius 3 is 3.20 bits per heavy atom. The first-order chi connectivity index (χ1) is 11.1. The molecule has 4 heteroatoms. The van der Waals surface area contributed by atoms with Crippen LogP contribution < -0.4 is 4.57 Å². The fourth-order valence-electron chi connectivity index (χ4n) is 3.04. The number of para-hydroxylation sites is 1. The number of pyridine rings is 1. The molecule has 0 amide bonds. The Kier molecular flexibility index (Phi) is 1.41. The van der Waals surface area contributed by atoms with Crippen LogP contribution >= 0.6 is 11.3 Å². The van der Waals surface area contributed by atoms with Gasteiger partial charge in [-0.3, -0.25) is 4.98 Å². The van der Waals surface area contributed by atoms with Crippen molar-refractivity contribution >= 4 is 32.6 Å². The predicted octanol–water partition coefficient (Wildman–Crippen LogP) is 3.10. The van der Waals surface area contributed by atoms with E-state index in [0.29, 0.717) is 6.54 Å². The molecule has 0 radical (unpaired) electrons. The van der Waals surface area contributed by atoms with E-state index in [4.69, 9.17) is 4.11 Å². The molecule has 5 rings (SSSR count). The van der Waals surface area contributed by atoms with Crippen LogP contribution in [0, 0.1) is 0 Å². The highest BCUT2D eigenvalue weighted by Gasteiger charge is 2.32. The molecule has 4 aromatic rings. The van der Waals surface area contributed by atoms with Crippen molar-refractivity contribution in [1.29, 1.82) is 0 Å². The number of aromatic nitrogens is 3. The van der Waals surface area contributed by atoms with Crippen LogP contribution in [0.2, 0.25) is 0 Å². The van der Waals surface area contributed by atoms with E-state index in [1.54, 1.807) is 17.5 Å². The topological polar surface area (TPSA) is 21.7 Å². The standard InChI is InChI=1S/C16H12N3S/c1-18-12-7-3-2-6-11(12)14-15(18)19-9-10-5-4-8-17-13(10)16(19)20-14/h2-8H,9H2,1H3/q+1/i1D3. The Morgan fingerprint density at radius 2 is 2.25 bits per heavy atom. The average molecular weight is 281 g/mol. The molecule has 3 aromatic heterocycles. The maximum absolute atomic E-state index is 7.99. The fourth-order valence-corrected chi connectivity index (χ4v) is 4.35. The molecule has 1 aromatic carbocycles. The van der Waals surface area contributed by atoms with Gasteiger partial charge < -0.3 is 0 Å². The van der Waals surface area contributed by atoms with E-state index in [2.05, 4.69) is 15.6 Å². The summed E-state index contributed by atoms with van der Waals surface area (Å²) >= 11 is 1.63. The molecule has 0 aliphatic carbocycles. The van der Waals surface area contributed by atoms with Gasteiger partial charge >= 0.3 is 5.65 Å². The fraction of sp³-hybridized carbons (Fsp3) is 0.125. The molecule has 0 unspecified atom stereocenters. The van der Waals surface area contributed by atoms with E-state index in [9.17, 15) is 0 Å². The molecule has 20 heavy (non-hydrogen) atoms. The summed E-state index contributed by atoms with van der Waals surface area (Å²) in [4.78, 5) is 4.49. The first-order valence-electron chi connectivity index (χ1n) is 7.96. The normalized spacial score (nSPS) is 15.9. The summed E-state index contributed by atoms with van der Waals surface area (Å²) in [6.45, 7) is -1.55. The molecule has 0 saturated carbocycles. The third-order valence-corrected chi connectivity index (χ3v) is 5.14. The summed E-state index contributed by atoms with van der Waals surface area (Å²) < 4.78 is 28.6. The Bertz CT molecular complexity index is 1090. The van der Waals surface area contributed by atoms with Gasteiger partial charge in [-0.15, -0.1) is 0 Å². The van der Waals surface area contributed by atoms with E-state index in [1.807, 2.05) is 30.3 Å². The van der Waals surface area contributed by atoms with Crippen LogP contribution in [0.4, 0.5) is 0 Å². The first kappa shape index (κ1) is 8.17. The summed E-state index contributed by atoms with van der Waals surface area (Å²) in [5.41, 5.74) is 3.63. The van der Waals surface area contributed by atoms with Crippen molar-refractivity contribution in [1.82, 2.24) is 9.55 Å². The van der Waals surface area contributed by atoms with E-state index in [1.165, 1.54) is 4.57 Å². The average Bonchev–Trinajstić information content (AvgIpc) is 3.13. The number of rotatable bonds is 0. The van der Waals surface area contributed by atoms with Crippen molar-refractivity contribution in [3.8, 4) is 10.7 Å². The van der Waals surface area contributed by atoms with E-state index < -0.39 is 6.98 Å². The molecule has 0 spiro atoms. The summed E-state index contributed by atoms with van der Waals surface area (Å²) in [5.74, 6) is 0. The van der Waals surface area contributed by atoms with Crippen LogP contribution in [-0.2, 0) is 13.5 Å². The monoisotopic (exact) mass is 281 g/mol. The number of hydrogen-bond donors (Lipinski definition) is 0. The molecule has 0 bridgehead atoms. The second-order valence-electron chi connectivity index (χ2n) is 5.01. The lowest BCUT2D eigenvalue weighted by Gasteiger charge is -1.93. The molecule has 0 fully saturated rings. The zero-order valence-electron chi connectivity index (χ0n) is 13.5. The Labute approximate surface area is 123 Å². The van der Waals surface area contributed by atoms with Gasteiger partial charge in [0, 0.05) is 17.1 Å². The molecule has 1 aliphatic heterocycles. The predicted molar refractivity (Wildman–Crippen MR) is 80.8 cm³/mol.